The van der Waals surface area contributed by atoms with Crippen LogP contribution in [0.4, 0.5) is 6.01 Å². The Morgan fingerprint density at radius 1 is 1.07 bits per heavy atom. The zero-order chi connectivity index (χ0) is 20.9. The topological polar surface area (TPSA) is 102 Å². The minimum Gasteiger partial charge on any atom is -0.407 e. The summed E-state index contributed by atoms with van der Waals surface area (Å²) in [7, 11) is -3.23. The van der Waals surface area contributed by atoms with Gasteiger partial charge in [-0.3, -0.25) is 10.1 Å². The van der Waals surface area contributed by atoms with Crippen LogP contribution < -0.4 is 5.32 Å². The van der Waals surface area contributed by atoms with E-state index < -0.39 is 9.84 Å². The summed E-state index contributed by atoms with van der Waals surface area (Å²) in [4.78, 5) is 13.4. The van der Waals surface area contributed by atoms with Crippen molar-refractivity contribution in [2.24, 2.45) is 0 Å². The molecule has 0 aliphatic carbocycles. The summed E-state index contributed by atoms with van der Waals surface area (Å²) in [5.41, 5.74) is 2.03. The van der Waals surface area contributed by atoms with E-state index in [9.17, 15) is 13.2 Å². The van der Waals surface area contributed by atoms with Crippen LogP contribution in [0, 0.1) is 6.92 Å². The van der Waals surface area contributed by atoms with E-state index >= 15 is 0 Å². The summed E-state index contributed by atoms with van der Waals surface area (Å²) in [5, 5.41) is 10.4. The SMILES string of the molecule is Cc1ccc(SCCC(=O)Nc2nnc(Cc3ccc(S(C)(=O)=O)cc3)o2)cc1. The lowest BCUT2D eigenvalue weighted by atomic mass is 10.1. The number of aryl methyl sites for hydroxylation is 1. The van der Waals surface area contributed by atoms with Crippen LogP contribution in [-0.4, -0.2) is 36.5 Å². The fourth-order valence-corrected chi connectivity index (χ4v) is 3.96. The molecule has 1 N–H and O–H groups in total. The Morgan fingerprint density at radius 3 is 2.41 bits per heavy atom. The maximum atomic E-state index is 12.0. The molecule has 0 radical (unpaired) electrons. The number of nitrogens with zero attached hydrogens (tertiary/aromatic N) is 2. The minimum absolute atomic E-state index is 0.0538. The second-order valence-corrected chi connectivity index (χ2v) is 9.74. The summed E-state index contributed by atoms with van der Waals surface area (Å²) in [6.45, 7) is 2.03. The van der Waals surface area contributed by atoms with Crippen molar-refractivity contribution >= 4 is 33.5 Å². The van der Waals surface area contributed by atoms with Crippen LogP contribution in [-0.2, 0) is 21.1 Å². The van der Waals surface area contributed by atoms with Crippen molar-refractivity contribution in [3.8, 4) is 0 Å². The average Bonchev–Trinajstić information content (AvgIpc) is 3.10. The molecule has 152 valence electrons. The van der Waals surface area contributed by atoms with Crippen molar-refractivity contribution in [2.45, 2.75) is 29.6 Å². The van der Waals surface area contributed by atoms with Crippen LogP contribution >= 0.6 is 11.8 Å². The standard InChI is InChI=1S/C20H21N3O4S2/c1-14-3-7-16(8-4-14)28-12-11-18(24)21-20-23-22-19(27-20)13-15-5-9-17(10-6-15)29(2,25)26/h3-10H,11-13H2,1-2H3,(H,21,23,24). The van der Waals surface area contributed by atoms with E-state index in [4.69, 9.17) is 4.42 Å². The van der Waals surface area contributed by atoms with E-state index in [1.165, 1.54) is 17.7 Å². The van der Waals surface area contributed by atoms with Crippen LogP contribution in [0.15, 0.2) is 62.7 Å². The number of benzene rings is 2. The predicted octanol–water partition coefficient (Wildman–Crippen LogP) is 3.49. The number of hydrogen-bond donors (Lipinski definition) is 1. The number of anilines is 1. The van der Waals surface area contributed by atoms with Crippen molar-refractivity contribution < 1.29 is 17.6 Å². The van der Waals surface area contributed by atoms with E-state index in [0.717, 1.165) is 16.7 Å². The summed E-state index contributed by atoms with van der Waals surface area (Å²) in [5.74, 6) is 0.779. The second kappa shape index (κ2) is 9.23. The number of nitrogens with one attached hydrogen (secondary N) is 1. The second-order valence-electron chi connectivity index (χ2n) is 6.55. The molecule has 0 aliphatic rings. The Kier molecular flexibility index (Phi) is 6.71. The molecule has 0 spiro atoms. The van der Waals surface area contributed by atoms with E-state index in [0.29, 0.717) is 24.5 Å². The summed E-state index contributed by atoms with van der Waals surface area (Å²) in [6, 6.07) is 14.7. The van der Waals surface area contributed by atoms with Gasteiger partial charge in [0.2, 0.25) is 11.8 Å². The van der Waals surface area contributed by atoms with Gasteiger partial charge in [0.25, 0.3) is 0 Å². The molecule has 2 aromatic carbocycles. The summed E-state index contributed by atoms with van der Waals surface area (Å²) in [6.07, 6.45) is 1.83. The van der Waals surface area contributed by atoms with Gasteiger partial charge in [-0.2, -0.15) is 0 Å². The molecule has 0 saturated carbocycles. The molecule has 1 heterocycles. The Balaban J connectivity index is 1.48. The number of hydrogen-bond acceptors (Lipinski definition) is 7. The number of aromatic nitrogens is 2. The fraction of sp³-hybridized carbons (Fsp3) is 0.250. The van der Waals surface area contributed by atoms with Gasteiger partial charge in [0.15, 0.2) is 9.84 Å². The molecule has 0 aliphatic heterocycles. The number of carbonyl (C=O) groups excluding carboxylic acids is 1. The summed E-state index contributed by atoms with van der Waals surface area (Å²) < 4.78 is 28.4. The average molecular weight is 432 g/mol. The zero-order valence-electron chi connectivity index (χ0n) is 16.1. The van der Waals surface area contributed by atoms with Crippen LogP contribution in [0.2, 0.25) is 0 Å². The number of thioether (sulfide) groups is 1. The highest BCUT2D eigenvalue weighted by molar-refractivity contribution is 7.99. The molecule has 1 amide bonds. The monoisotopic (exact) mass is 431 g/mol. The van der Waals surface area contributed by atoms with Gasteiger partial charge >= 0.3 is 6.01 Å². The van der Waals surface area contributed by atoms with E-state index in [1.807, 2.05) is 31.2 Å². The normalized spacial score (nSPS) is 11.4. The Labute approximate surface area is 173 Å². The van der Waals surface area contributed by atoms with Crippen LogP contribution in [0.5, 0.6) is 0 Å². The van der Waals surface area contributed by atoms with Gasteiger partial charge in [0, 0.05) is 23.3 Å². The highest BCUT2D eigenvalue weighted by Gasteiger charge is 2.12. The maximum absolute atomic E-state index is 12.0. The van der Waals surface area contributed by atoms with Crippen molar-refractivity contribution in [3.05, 3.63) is 65.5 Å². The first-order valence-electron chi connectivity index (χ1n) is 8.90. The lowest BCUT2D eigenvalue weighted by molar-refractivity contribution is -0.115. The van der Waals surface area contributed by atoms with Gasteiger partial charge in [0.1, 0.15) is 0 Å². The van der Waals surface area contributed by atoms with Crippen molar-refractivity contribution in [1.82, 2.24) is 10.2 Å². The molecule has 0 fully saturated rings. The van der Waals surface area contributed by atoms with E-state index in [1.54, 1.807) is 23.9 Å². The van der Waals surface area contributed by atoms with Crippen molar-refractivity contribution in [1.29, 1.82) is 0 Å². The molecule has 9 heteroatoms. The fourth-order valence-electron chi connectivity index (χ4n) is 2.48. The first-order chi connectivity index (χ1) is 13.8. The number of sulfone groups is 1. The predicted molar refractivity (Wildman–Crippen MR) is 112 cm³/mol. The Bertz CT molecular complexity index is 1080. The van der Waals surface area contributed by atoms with Gasteiger partial charge in [-0.1, -0.05) is 34.9 Å². The highest BCUT2D eigenvalue weighted by atomic mass is 32.2. The van der Waals surface area contributed by atoms with Crippen LogP contribution in [0.25, 0.3) is 0 Å². The van der Waals surface area contributed by atoms with E-state index in [2.05, 4.69) is 15.5 Å². The molecular formula is C20H21N3O4S2. The molecule has 0 saturated heterocycles. The van der Waals surface area contributed by atoms with Gasteiger partial charge in [-0.15, -0.1) is 16.9 Å². The molecule has 0 unspecified atom stereocenters. The third kappa shape index (κ3) is 6.43. The Morgan fingerprint density at radius 2 is 1.76 bits per heavy atom. The maximum Gasteiger partial charge on any atom is 0.322 e. The van der Waals surface area contributed by atoms with Gasteiger partial charge < -0.3 is 4.42 Å². The van der Waals surface area contributed by atoms with Crippen LogP contribution in [0.3, 0.4) is 0 Å². The van der Waals surface area contributed by atoms with Gasteiger partial charge in [-0.25, -0.2) is 8.42 Å². The van der Waals surface area contributed by atoms with Crippen molar-refractivity contribution in [3.63, 3.8) is 0 Å². The number of carbonyl (C=O) groups is 1. The zero-order valence-corrected chi connectivity index (χ0v) is 17.7. The molecule has 29 heavy (non-hydrogen) atoms. The Hall–Kier alpha value is -2.65. The molecule has 0 atom stereocenters. The molecule has 7 nitrogen and oxygen atoms in total. The first kappa shape index (κ1) is 21.1. The molecular weight excluding hydrogens is 410 g/mol. The third-order valence-electron chi connectivity index (χ3n) is 4.04. The summed E-state index contributed by atoms with van der Waals surface area (Å²) >= 11 is 1.61. The van der Waals surface area contributed by atoms with Gasteiger partial charge in [0.05, 0.1) is 11.3 Å². The first-order valence-corrected chi connectivity index (χ1v) is 11.8. The quantitative estimate of drug-likeness (QED) is 0.545. The largest absolute Gasteiger partial charge is 0.407 e. The van der Waals surface area contributed by atoms with Gasteiger partial charge in [-0.05, 0) is 36.8 Å². The lowest BCUT2D eigenvalue weighted by Crippen LogP contribution is -2.12. The molecule has 3 aromatic rings. The number of amides is 1. The molecule has 0 bridgehead atoms. The molecule has 3 rings (SSSR count). The van der Waals surface area contributed by atoms with Crippen LogP contribution in [0.1, 0.15) is 23.4 Å². The smallest absolute Gasteiger partial charge is 0.322 e. The minimum atomic E-state index is -3.23. The molecule has 1 aromatic heterocycles. The van der Waals surface area contributed by atoms with Crippen molar-refractivity contribution in [2.75, 3.05) is 17.3 Å². The lowest BCUT2D eigenvalue weighted by Gasteiger charge is -2.02. The number of rotatable bonds is 8. The van der Waals surface area contributed by atoms with E-state index in [-0.39, 0.29) is 16.8 Å². The highest BCUT2D eigenvalue weighted by Crippen LogP contribution is 2.19. The third-order valence-corrected chi connectivity index (χ3v) is 6.18.